The molecule has 0 saturated heterocycles. The van der Waals surface area contributed by atoms with Crippen LogP contribution in [-0.2, 0) is 9.59 Å². The summed E-state index contributed by atoms with van der Waals surface area (Å²) in [5.41, 5.74) is 0. The lowest BCUT2D eigenvalue weighted by Crippen LogP contribution is -1.93. The summed E-state index contributed by atoms with van der Waals surface area (Å²) in [6.45, 7) is 4.50. The molecule has 0 atom stereocenters. The highest BCUT2D eigenvalue weighted by atomic mass is 16.4. The lowest BCUT2D eigenvalue weighted by molar-refractivity contribution is -0.138. The van der Waals surface area contributed by atoms with Gasteiger partial charge in [0.1, 0.15) is 0 Å². The Balaban J connectivity index is 0. The minimum absolute atomic E-state index is 0.321. The Bertz CT molecular complexity index is 464. The predicted octanol–water partition coefficient (Wildman–Crippen LogP) is 10.7. The molecule has 0 fully saturated rings. The summed E-state index contributed by atoms with van der Waals surface area (Å²) in [7, 11) is 0. The molecule has 4 heteroatoms. The van der Waals surface area contributed by atoms with Crippen molar-refractivity contribution in [2.75, 3.05) is 0 Å². The van der Waals surface area contributed by atoms with Gasteiger partial charge in [-0.15, -0.1) is 0 Å². The molecule has 0 aromatic carbocycles. The number of unbranched alkanes of at least 4 members (excludes halogenated alkanes) is 18. The van der Waals surface area contributed by atoms with Gasteiger partial charge in [-0.05, 0) is 64.2 Å². The number of hydrogen-bond donors (Lipinski definition) is 2. The average Bonchev–Trinajstić information content (AvgIpc) is 2.85. The molecule has 0 saturated carbocycles. The zero-order valence-corrected chi connectivity index (χ0v) is 24.0. The predicted molar refractivity (Wildman–Crippen MR) is 156 cm³/mol. The first kappa shape index (κ1) is 36.6. The number of aliphatic carboxylic acids is 2. The maximum Gasteiger partial charge on any atom is 0.303 e. The number of carbonyl (C=O) groups is 2. The van der Waals surface area contributed by atoms with Crippen LogP contribution in [0.1, 0.15) is 168 Å². The van der Waals surface area contributed by atoms with Crippen molar-refractivity contribution < 1.29 is 19.8 Å². The van der Waals surface area contributed by atoms with Crippen molar-refractivity contribution in [1.82, 2.24) is 0 Å². The van der Waals surface area contributed by atoms with E-state index in [4.69, 9.17) is 10.2 Å². The van der Waals surface area contributed by atoms with Crippen molar-refractivity contribution in [2.45, 2.75) is 168 Å². The van der Waals surface area contributed by atoms with Gasteiger partial charge < -0.3 is 10.2 Å². The zero-order valence-electron chi connectivity index (χ0n) is 24.0. The van der Waals surface area contributed by atoms with E-state index in [1.807, 2.05) is 0 Å². The Hall–Kier alpha value is -1.58. The third kappa shape index (κ3) is 39.6. The molecule has 0 aliphatic carbocycles. The molecule has 36 heavy (non-hydrogen) atoms. The quantitative estimate of drug-likeness (QED) is 0.0899. The summed E-state index contributed by atoms with van der Waals surface area (Å²) >= 11 is 0. The normalized spacial score (nSPS) is 11.2. The van der Waals surface area contributed by atoms with E-state index in [0.29, 0.717) is 12.8 Å². The van der Waals surface area contributed by atoms with Gasteiger partial charge in [0.2, 0.25) is 0 Å². The molecule has 0 radical (unpaired) electrons. The number of rotatable bonds is 26. The molecule has 4 nitrogen and oxygen atoms in total. The van der Waals surface area contributed by atoms with Crippen LogP contribution in [-0.4, -0.2) is 22.2 Å². The fraction of sp³-hybridized carbons (Fsp3) is 0.812. The largest absolute Gasteiger partial charge is 0.481 e. The highest BCUT2D eigenvalue weighted by Gasteiger charge is 1.96. The third-order valence-corrected chi connectivity index (χ3v) is 6.30. The van der Waals surface area contributed by atoms with E-state index < -0.39 is 11.9 Å². The molecule has 0 amide bonds. The highest BCUT2D eigenvalue weighted by Crippen LogP contribution is 2.10. The first-order chi connectivity index (χ1) is 17.5. The molecule has 0 aliphatic rings. The SMILES string of the molecule is CCCCCCCC/C=C\CCCCCC(=O)O.CCCCCCCC/C=C\CCCCCC(=O)O. The van der Waals surface area contributed by atoms with Crippen molar-refractivity contribution in [3.8, 4) is 0 Å². The molecule has 0 unspecified atom stereocenters. The maximum absolute atomic E-state index is 10.3. The summed E-state index contributed by atoms with van der Waals surface area (Å²) in [6.07, 6.45) is 36.7. The van der Waals surface area contributed by atoms with Gasteiger partial charge in [-0.3, -0.25) is 9.59 Å². The number of carboxylic acid groups (broad SMARTS) is 2. The van der Waals surface area contributed by atoms with Gasteiger partial charge in [-0.1, -0.05) is 115 Å². The van der Waals surface area contributed by atoms with Gasteiger partial charge in [0, 0.05) is 12.8 Å². The summed E-state index contributed by atoms with van der Waals surface area (Å²) in [5.74, 6) is -1.35. The van der Waals surface area contributed by atoms with Crippen LogP contribution in [0.4, 0.5) is 0 Å². The van der Waals surface area contributed by atoms with Gasteiger partial charge in [0.25, 0.3) is 0 Å². The van der Waals surface area contributed by atoms with E-state index in [-0.39, 0.29) is 0 Å². The summed E-state index contributed by atoms with van der Waals surface area (Å²) < 4.78 is 0. The molecule has 0 spiro atoms. The van der Waals surface area contributed by atoms with Crippen LogP contribution in [0.3, 0.4) is 0 Å². The minimum atomic E-state index is -0.673. The van der Waals surface area contributed by atoms with Crippen molar-refractivity contribution in [3.05, 3.63) is 24.3 Å². The Morgan fingerprint density at radius 2 is 0.667 bits per heavy atom. The molecule has 0 aromatic heterocycles. The first-order valence-corrected chi connectivity index (χ1v) is 15.3. The van der Waals surface area contributed by atoms with Crippen LogP contribution in [0.2, 0.25) is 0 Å². The topological polar surface area (TPSA) is 74.6 Å². The van der Waals surface area contributed by atoms with Crippen molar-refractivity contribution in [1.29, 1.82) is 0 Å². The van der Waals surface area contributed by atoms with Crippen LogP contribution in [0.25, 0.3) is 0 Å². The number of carboxylic acids is 2. The Kier molecular flexibility index (Phi) is 34.0. The standard InChI is InChI=1S/2C16H30O2/c2*1-2-3-4-5-6-7-8-9-10-11-12-13-14-15-16(17)18/h2*9-10H,2-8,11-15H2,1H3,(H,17,18)/b2*10-9-. The van der Waals surface area contributed by atoms with Crippen LogP contribution < -0.4 is 0 Å². The highest BCUT2D eigenvalue weighted by molar-refractivity contribution is 5.66. The zero-order chi connectivity index (χ0) is 27.0. The Labute approximate surface area is 224 Å². The third-order valence-electron chi connectivity index (χ3n) is 6.30. The van der Waals surface area contributed by atoms with E-state index in [2.05, 4.69) is 38.2 Å². The second-order valence-electron chi connectivity index (χ2n) is 10.0. The molecule has 212 valence electrons. The molecule has 0 aliphatic heterocycles. The molecular formula is C32H60O4. The van der Waals surface area contributed by atoms with Crippen LogP contribution >= 0.6 is 0 Å². The Morgan fingerprint density at radius 3 is 0.944 bits per heavy atom. The molecule has 0 heterocycles. The van der Waals surface area contributed by atoms with Crippen molar-refractivity contribution in [3.63, 3.8) is 0 Å². The van der Waals surface area contributed by atoms with E-state index >= 15 is 0 Å². The fourth-order valence-corrected chi connectivity index (χ4v) is 3.99. The minimum Gasteiger partial charge on any atom is -0.481 e. The fourth-order valence-electron chi connectivity index (χ4n) is 3.99. The lowest BCUT2D eigenvalue weighted by Gasteiger charge is -1.98. The average molecular weight is 509 g/mol. The van der Waals surface area contributed by atoms with Crippen LogP contribution in [0, 0.1) is 0 Å². The number of hydrogen-bond acceptors (Lipinski definition) is 2. The second kappa shape index (κ2) is 33.4. The molecule has 0 bridgehead atoms. The smallest absolute Gasteiger partial charge is 0.303 e. The lowest BCUT2D eigenvalue weighted by atomic mass is 10.1. The Morgan fingerprint density at radius 1 is 0.417 bits per heavy atom. The molecule has 2 N–H and O–H groups in total. The van der Waals surface area contributed by atoms with E-state index in [0.717, 1.165) is 51.4 Å². The maximum atomic E-state index is 10.3. The summed E-state index contributed by atoms with van der Waals surface area (Å²) in [4.78, 5) is 20.6. The van der Waals surface area contributed by atoms with Gasteiger partial charge in [-0.2, -0.15) is 0 Å². The van der Waals surface area contributed by atoms with Gasteiger partial charge in [0.15, 0.2) is 0 Å². The van der Waals surface area contributed by atoms with E-state index in [9.17, 15) is 9.59 Å². The number of allylic oxidation sites excluding steroid dienone is 4. The second-order valence-corrected chi connectivity index (χ2v) is 10.0. The van der Waals surface area contributed by atoms with Gasteiger partial charge >= 0.3 is 11.9 Å². The van der Waals surface area contributed by atoms with Crippen LogP contribution in [0.15, 0.2) is 24.3 Å². The van der Waals surface area contributed by atoms with Gasteiger partial charge in [0.05, 0.1) is 0 Å². The molecule has 0 aromatic rings. The van der Waals surface area contributed by atoms with Gasteiger partial charge in [-0.25, -0.2) is 0 Å². The van der Waals surface area contributed by atoms with Crippen LogP contribution in [0.5, 0.6) is 0 Å². The van der Waals surface area contributed by atoms with Crippen molar-refractivity contribution >= 4 is 11.9 Å². The summed E-state index contributed by atoms with van der Waals surface area (Å²) in [5, 5.41) is 17.0. The molecular weight excluding hydrogens is 448 g/mol. The van der Waals surface area contributed by atoms with E-state index in [1.54, 1.807) is 0 Å². The van der Waals surface area contributed by atoms with E-state index in [1.165, 1.54) is 89.9 Å². The first-order valence-electron chi connectivity index (χ1n) is 15.3. The summed E-state index contributed by atoms with van der Waals surface area (Å²) in [6, 6.07) is 0. The molecule has 0 rings (SSSR count). The van der Waals surface area contributed by atoms with Crippen molar-refractivity contribution in [2.24, 2.45) is 0 Å². The monoisotopic (exact) mass is 508 g/mol.